The van der Waals surface area contributed by atoms with E-state index in [1.807, 2.05) is 0 Å². The molecule has 0 atom stereocenters. The molecule has 0 saturated carbocycles. The Morgan fingerprint density at radius 3 is 2.25 bits per heavy atom. The molecule has 0 aliphatic carbocycles. The van der Waals surface area contributed by atoms with Gasteiger partial charge in [-0.3, -0.25) is 0 Å². The normalized spacial score (nSPS) is 10.1. The van der Waals surface area contributed by atoms with Gasteiger partial charge in [-0.1, -0.05) is 0 Å². The number of halogens is 1. The number of benzene rings is 1. The minimum Gasteiger partial charge on any atom is -0.495 e. The van der Waals surface area contributed by atoms with Crippen molar-refractivity contribution in [3.63, 3.8) is 0 Å². The van der Waals surface area contributed by atoms with Crippen LogP contribution in [0.4, 0.5) is 0 Å². The van der Waals surface area contributed by atoms with Crippen LogP contribution in [0.3, 0.4) is 0 Å². The molecule has 2 N–H and O–H groups in total. The van der Waals surface area contributed by atoms with Crippen LogP contribution in [0, 0.1) is 0 Å². The Kier molecular flexibility index (Phi) is 4.85. The van der Waals surface area contributed by atoms with Crippen LogP contribution in [-0.4, -0.2) is 26.5 Å². The molecule has 90 valence electrons. The SMILES string of the molecule is COc1cc(CNO)c(OC)c(Br)c1OC. The van der Waals surface area contributed by atoms with E-state index in [0.29, 0.717) is 21.7 Å². The zero-order valence-corrected chi connectivity index (χ0v) is 10.9. The largest absolute Gasteiger partial charge is 0.495 e. The summed E-state index contributed by atoms with van der Waals surface area (Å²) in [6.45, 7) is 0.252. The van der Waals surface area contributed by atoms with Crippen molar-refractivity contribution in [2.75, 3.05) is 21.3 Å². The van der Waals surface area contributed by atoms with Crippen molar-refractivity contribution < 1.29 is 19.4 Å². The summed E-state index contributed by atoms with van der Waals surface area (Å²) >= 11 is 3.37. The molecule has 0 spiro atoms. The fourth-order valence-corrected chi connectivity index (χ4v) is 2.19. The minimum atomic E-state index is 0.252. The maximum absolute atomic E-state index is 8.73. The number of nitrogens with one attached hydrogen (secondary N) is 1. The van der Waals surface area contributed by atoms with Crippen LogP contribution in [-0.2, 0) is 6.54 Å². The molecular weight excluding hydrogens is 278 g/mol. The van der Waals surface area contributed by atoms with E-state index in [-0.39, 0.29) is 6.54 Å². The molecule has 16 heavy (non-hydrogen) atoms. The zero-order chi connectivity index (χ0) is 12.1. The van der Waals surface area contributed by atoms with E-state index in [0.717, 1.165) is 5.56 Å². The molecule has 1 rings (SSSR count). The third-order valence-corrected chi connectivity index (χ3v) is 2.84. The third kappa shape index (κ3) is 2.40. The lowest BCUT2D eigenvalue weighted by molar-refractivity contribution is 0.160. The molecule has 1 aromatic carbocycles. The van der Waals surface area contributed by atoms with E-state index >= 15 is 0 Å². The molecule has 0 unspecified atom stereocenters. The van der Waals surface area contributed by atoms with Gasteiger partial charge in [-0.2, -0.15) is 0 Å². The van der Waals surface area contributed by atoms with Gasteiger partial charge in [-0.25, -0.2) is 5.48 Å². The van der Waals surface area contributed by atoms with Gasteiger partial charge in [0, 0.05) is 12.1 Å². The highest BCUT2D eigenvalue weighted by Gasteiger charge is 2.18. The lowest BCUT2D eigenvalue weighted by atomic mass is 10.1. The molecule has 0 fully saturated rings. The van der Waals surface area contributed by atoms with Gasteiger partial charge in [-0.15, -0.1) is 0 Å². The Hall–Kier alpha value is -0.980. The number of methoxy groups -OCH3 is 3. The minimum absolute atomic E-state index is 0.252. The molecule has 6 heteroatoms. The van der Waals surface area contributed by atoms with Crippen molar-refractivity contribution in [2.24, 2.45) is 0 Å². The van der Waals surface area contributed by atoms with Crippen molar-refractivity contribution in [1.29, 1.82) is 0 Å². The van der Waals surface area contributed by atoms with Crippen molar-refractivity contribution in [1.82, 2.24) is 5.48 Å². The fourth-order valence-electron chi connectivity index (χ4n) is 1.42. The van der Waals surface area contributed by atoms with E-state index in [1.54, 1.807) is 27.4 Å². The second kappa shape index (κ2) is 5.93. The molecule has 0 aliphatic rings. The highest BCUT2D eigenvalue weighted by atomic mass is 79.9. The predicted molar refractivity (Wildman–Crippen MR) is 62.4 cm³/mol. The smallest absolute Gasteiger partial charge is 0.178 e. The van der Waals surface area contributed by atoms with Gasteiger partial charge in [0.15, 0.2) is 11.5 Å². The molecular formula is C10H14BrNO4. The quantitative estimate of drug-likeness (QED) is 0.812. The summed E-state index contributed by atoms with van der Waals surface area (Å²) in [5, 5.41) is 8.73. The first-order valence-corrected chi connectivity index (χ1v) is 5.33. The maximum atomic E-state index is 8.73. The Balaban J connectivity index is 3.35. The summed E-state index contributed by atoms with van der Waals surface area (Å²) in [6, 6.07) is 1.74. The first-order valence-electron chi connectivity index (χ1n) is 4.53. The maximum Gasteiger partial charge on any atom is 0.178 e. The monoisotopic (exact) mass is 291 g/mol. The van der Waals surface area contributed by atoms with E-state index in [1.165, 1.54) is 0 Å². The van der Waals surface area contributed by atoms with Crippen LogP contribution >= 0.6 is 15.9 Å². The lowest BCUT2D eigenvalue weighted by Gasteiger charge is -2.16. The Bertz CT molecular complexity index is 370. The molecule has 0 heterocycles. The van der Waals surface area contributed by atoms with Gasteiger partial charge in [0.25, 0.3) is 0 Å². The number of hydroxylamine groups is 1. The summed E-state index contributed by atoms with van der Waals surface area (Å²) in [5.74, 6) is 1.72. The molecule has 1 aromatic rings. The first-order chi connectivity index (χ1) is 7.69. The lowest BCUT2D eigenvalue weighted by Crippen LogP contribution is -2.08. The molecule has 0 amide bonds. The van der Waals surface area contributed by atoms with Crippen LogP contribution in [0.25, 0.3) is 0 Å². The van der Waals surface area contributed by atoms with Crippen molar-refractivity contribution in [3.05, 3.63) is 16.1 Å². The third-order valence-electron chi connectivity index (χ3n) is 2.12. The second-order valence-electron chi connectivity index (χ2n) is 2.95. The van der Waals surface area contributed by atoms with E-state index in [4.69, 9.17) is 19.4 Å². The van der Waals surface area contributed by atoms with Gasteiger partial charge in [-0.05, 0) is 22.0 Å². The predicted octanol–water partition coefficient (Wildman–Crippen LogP) is 1.95. The molecule has 0 aliphatic heterocycles. The number of hydrogen-bond acceptors (Lipinski definition) is 5. The Morgan fingerprint density at radius 1 is 1.19 bits per heavy atom. The fraction of sp³-hybridized carbons (Fsp3) is 0.400. The van der Waals surface area contributed by atoms with Gasteiger partial charge in [0.2, 0.25) is 0 Å². The van der Waals surface area contributed by atoms with Crippen molar-refractivity contribution in [2.45, 2.75) is 6.54 Å². The molecule has 0 bridgehead atoms. The molecule has 5 nitrogen and oxygen atoms in total. The molecule has 0 aromatic heterocycles. The highest BCUT2D eigenvalue weighted by molar-refractivity contribution is 9.10. The van der Waals surface area contributed by atoms with Crippen LogP contribution in [0.2, 0.25) is 0 Å². The summed E-state index contributed by atoms with van der Waals surface area (Å²) in [7, 11) is 4.64. The number of rotatable bonds is 5. The summed E-state index contributed by atoms with van der Waals surface area (Å²) in [4.78, 5) is 0. The summed E-state index contributed by atoms with van der Waals surface area (Å²) in [5.41, 5.74) is 2.84. The molecule has 0 radical (unpaired) electrons. The van der Waals surface area contributed by atoms with Crippen LogP contribution in [0.15, 0.2) is 10.5 Å². The van der Waals surface area contributed by atoms with Crippen LogP contribution < -0.4 is 19.7 Å². The first kappa shape index (κ1) is 13.1. The van der Waals surface area contributed by atoms with Crippen LogP contribution in [0.1, 0.15) is 5.56 Å². The van der Waals surface area contributed by atoms with Crippen LogP contribution in [0.5, 0.6) is 17.2 Å². The number of hydrogen-bond donors (Lipinski definition) is 2. The second-order valence-corrected chi connectivity index (χ2v) is 3.75. The Labute approximate surface area is 102 Å². The van der Waals surface area contributed by atoms with Crippen molar-refractivity contribution in [3.8, 4) is 17.2 Å². The number of ether oxygens (including phenoxy) is 3. The van der Waals surface area contributed by atoms with E-state index in [2.05, 4.69) is 21.4 Å². The zero-order valence-electron chi connectivity index (χ0n) is 9.33. The highest BCUT2D eigenvalue weighted by Crippen LogP contribution is 2.43. The van der Waals surface area contributed by atoms with E-state index in [9.17, 15) is 0 Å². The van der Waals surface area contributed by atoms with Gasteiger partial charge in [0.1, 0.15) is 10.2 Å². The average molecular weight is 292 g/mol. The summed E-state index contributed by atoms with van der Waals surface area (Å²) < 4.78 is 16.3. The standard InChI is InChI=1S/C10H14BrNO4/c1-14-7-4-6(5-12-13)9(15-2)8(11)10(7)16-3/h4,12-13H,5H2,1-3H3. The Morgan fingerprint density at radius 2 is 1.81 bits per heavy atom. The van der Waals surface area contributed by atoms with E-state index < -0.39 is 0 Å². The summed E-state index contributed by atoms with van der Waals surface area (Å²) in [6.07, 6.45) is 0. The van der Waals surface area contributed by atoms with Crippen molar-refractivity contribution >= 4 is 15.9 Å². The molecule has 0 saturated heterocycles. The van der Waals surface area contributed by atoms with Gasteiger partial charge >= 0.3 is 0 Å². The average Bonchev–Trinajstić information content (AvgIpc) is 2.29. The van der Waals surface area contributed by atoms with Gasteiger partial charge < -0.3 is 19.4 Å². The topological polar surface area (TPSA) is 60.0 Å². The van der Waals surface area contributed by atoms with Gasteiger partial charge in [0.05, 0.1) is 21.3 Å².